The normalized spacial score (nSPS) is 10.2. The minimum Gasteiger partial charge on any atom is -0.477 e. The maximum Gasteiger partial charge on any atom is 0.354 e. The Kier molecular flexibility index (Phi) is 3.14. The Morgan fingerprint density at radius 3 is 2.82 bits per heavy atom. The maximum absolute atomic E-state index is 10.9. The third-order valence-electron chi connectivity index (χ3n) is 2.52. The van der Waals surface area contributed by atoms with Gasteiger partial charge in [0.05, 0.1) is 0 Å². The number of carboxylic acids is 1. The van der Waals surface area contributed by atoms with Crippen LogP contribution in [0.2, 0.25) is 0 Å². The van der Waals surface area contributed by atoms with Gasteiger partial charge in [0.1, 0.15) is 5.69 Å². The van der Waals surface area contributed by atoms with Crippen molar-refractivity contribution in [2.75, 3.05) is 0 Å². The average Bonchev–Trinajstić information content (AvgIpc) is 2.39. The Labute approximate surface area is 99.0 Å². The summed E-state index contributed by atoms with van der Waals surface area (Å²) >= 11 is 0. The van der Waals surface area contributed by atoms with Crippen LogP contribution in [0.3, 0.4) is 0 Å². The highest BCUT2D eigenvalue weighted by atomic mass is 16.4. The first-order chi connectivity index (χ1) is 8.22. The smallest absolute Gasteiger partial charge is 0.354 e. The van der Waals surface area contributed by atoms with Gasteiger partial charge in [-0.2, -0.15) is 0 Å². The zero-order valence-corrected chi connectivity index (χ0v) is 9.42. The summed E-state index contributed by atoms with van der Waals surface area (Å²) in [6.45, 7) is 2.02. The molecule has 2 aromatic heterocycles. The lowest BCUT2D eigenvalue weighted by Gasteiger charge is -2.06. The molecule has 0 saturated heterocycles. The SMILES string of the molecule is CCc1ncccc1-c1ccnc(C(=O)O)c1. The molecule has 4 heteroatoms. The Morgan fingerprint density at radius 2 is 2.12 bits per heavy atom. The predicted molar refractivity (Wildman–Crippen MR) is 63.8 cm³/mol. The fourth-order valence-electron chi connectivity index (χ4n) is 1.70. The minimum atomic E-state index is -1.02. The molecule has 4 nitrogen and oxygen atoms in total. The van der Waals surface area contributed by atoms with Crippen molar-refractivity contribution in [2.45, 2.75) is 13.3 Å². The quantitative estimate of drug-likeness (QED) is 0.876. The average molecular weight is 228 g/mol. The molecule has 2 heterocycles. The van der Waals surface area contributed by atoms with Crippen molar-refractivity contribution in [1.82, 2.24) is 9.97 Å². The number of pyridine rings is 2. The second-order valence-electron chi connectivity index (χ2n) is 3.59. The van der Waals surface area contributed by atoms with Crippen LogP contribution in [0.5, 0.6) is 0 Å². The number of carboxylic acid groups (broad SMARTS) is 1. The number of hydrogen-bond donors (Lipinski definition) is 1. The largest absolute Gasteiger partial charge is 0.477 e. The number of rotatable bonds is 3. The van der Waals surface area contributed by atoms with Crippen molar-refractivity contribution in [3.05, 3.63) is 48.0 Å². The van der Waals surface area contributed by atoms with Gasteiger partial charge >= 0.3 is 5.97 Å². The summed E-state index contributed by atoms with van der Waals surface area (Å²) in [7, 11) is 0. The van der Waals surface area contributed by atoms with Crippen molar-refractivity contribution in [3.8, 4) is 11.1 Å². The maximum atomic E-state index is 10.9. The van der Waals surface area contributed by atoms with Crippen LogP contribution in [-0.4, -0.2) is 21.0 Å². The summed E-state index contributed by atoms with van der Waals surface area (Å²) in [6.07, 6.45) is 4.05. The van der Waals surface area contributed by atoms with E-state index in [9.17, 15) is 4.79 Å². The molecule has 86 valence electrons. The standard InChI is InChI=1S/C13H12N2O2/c1-2-11-10(4-3-6-14-11)9-5-7-15-12(8-9)13(16)17/h3-8H,2H2,1H3,(H,16,17). The fourth-order valence-corrected chi connectivity index (χ4v) is 1.70. The number of hydrogen-bond acceptors (Lipinski definition) is 3. The van der Waals surface area contributed by atoms with Crippen molar-refractivity contribution in [1.29, 1.82) is 0 Å². The predicted octanol–water partition coefficient (Wildman–Crippen LogP) is 2.40. The van der Waals surface area contributed by atoms with Crippen molar-refractivity contribution in [2.24, 2.45) is 0 Å². The molecule has 0 aliphatic rings. The van der Waals surface area contributed by atoms with Gasteiger partial charge in [-0.3, -0.25) is 4.98 Å². The van der Waals surface area contributed by atoms with Crippen molar-refractivity contribution < 1.29 is 9.90 Å². The second-order valence-corrected chi connectivity index (χ2v) is 3.59. The minimum absolute atomic E-state index is 0.0495. The van der Waals surface area contributed by atoms with Gasteiger partial charge in [-0.05, 0) is 30.2 Å². The van der Waals surface area contributed by atoms with Crippen LogP contribution in [0.15, 0.2) is 36.7 Å². The first-order valence-corrected chi connectivity index (χ1v) is 5.36. The molecular formula is C13H12N2O2. The van der Waals surface area contributed by atoms with E-state index < -0.39 is 5.97 Å². The molecule has 2 aromatic rings. The van der Waals surface area contributed by atoms with Gasteiger partial charge in [0.2, 0.25) is 0 Å². The Bertz CT molecular complexity index is 553. The lowest BCUT2D eigenvalue weighted by atomic mass is 10.0. The van der Waals surface area contributed by atoms with Crippen LogP contribution in [0, 0.1) is 0 Å². The monoisotopic (exact) mass is 228 g/mol. The van der Waals surface area contributed by atoms with E-state index in [4.69, 9.17) is 5.11 Å². The van der Waals surface area contributed by atoms with E-state index in [-0.39, 0.29) is 5.69 Å². The first kappa shape index (κ1) is 11.3. The van der Waals surface area contributed by atoms with Crippen LogP contribution in [0.25, 0.3) is 11.1 Å². The summed E-state index contributed by atoms with van der Waals surface area (Å²) in [5, 5.41) is 8.90. The molecule has 17 heavy (non-hydrogen) atoms. The molecule has 1 N–H and O–H groups in total. The third-order valence-corrected chi connectivity index (χ3v) is 2.52. The summed E-state index contributed by atoms with van der Waals surface area (Å²) < 4.78 is 0. The van der Waals surface area contributed by atoms with Crippen LogP contribution in [-0.2, 0) is 6.42 Å². The number of aromatic carboxylic acids is 1. The zero-order valence-electron chi connectivity index (χ0n) is 9.42. The fraction of sp³-hybridized carbons (Fsp3) is 0.154. The number of aromatic nitrogens is 2. The Morgan fingerprint density at radius 1 is 1.29 bits per heavy atom. The number of carbonyl (C=O) groups is 1. The molecule has 0 amide bonds. The molecule has 0 spiro atoms. The van der Waals surface area contributed by atoms with Gasteiger partial charge in [-0.25, -0.2) is 9.78 Å². The Hall–Kier alpha value is -2.23. The van der Waals surface area contributed by atoms with Gasteiger partial charge in [-0.1, -0.05) is 13.0 Å². The van der Waals surface area contributed by atoms with Crippen LogP contribution in [0.1, 0.15) is 23.1 Å². The van der Waals surface area contributed by atoms with E-state index in [0.717, 1.165) is 23.2 Å². The zero-order chi connectivity index (χ0) is 12.3. The molecule has 0 radical (unpaired) electrons. The highest BCUT2D eigenvalue weighted by Gasteiger charge is 2.08. The van der Waals surface area contributed by atoms with Crippen LogP contribution >= 0.6 is 0 Å². The number of aryl methyl sites for hydroxylation is 1. The van der Waals surface area contributed by atoms with E-state index >= 15 is 0 Å². The molecule has 0 bridgehead atoms. The molecule has 0 atom stereocenters. The molecule has 0 fully saturated rings. The molecule has 0 saturated carbocycles. The van der Waals surface area contributed by atoms with Crippen LogP contribution < -0.4 is 0 Å². The van der Waals surface area contributed by atoms with E-state index in [2.05, 4.69) is 9.97 Å². The first-order valence-electron chi connectivity index (χ1n) is 5.36. The van der Waals surface area contributed by atoms with Crippen molar-refractivity contribution in [3.63, 3.8) is 0 Å². The summed E-state index contributed by atoms with van der Waals surface area (Å²) in [6, 6.07) is 7.14. The van der Waals surface area contributed by atoms with E-state index in [0.29, 0.717) is 0 Å². The lowest BCUT2D eigenvalue weighted by molar-refractivity contribution is 0.0690. The second kappa shape index (κ2) is 4.74. The molecular weight excluding hydrogens is 216 g/mol. The molecule has 0 unspecified atom stereocenters. The van der Waals surface area contributed by atoms with Gasteiger partial charge in [0.15, 0.2) is 0 Å². The molecule has 0 aliphatic heterocycles. The van der Waals surface area contributed by atoms with E-state index in [1.807, 2.05) is 19.1 Å². The van der Waals surface area contributed by atoms with Gasteiger partial charge in [-0.15, -0.1) is 0 Å². The number of nitrogens with zero attached hydrogens (tertiary/aromatic N) is 2. The topological polar surface area (TPSA) is 63.1 Å². The summed E-state index contributed by atoms with van der Waals surface area (Å²) in [5.41, 5.74) is 2.80. The summed E-state index contributed by atoms with van der Waals surface area (Å²) in [5.74, 6) is -1.02. The molecule has 0 aromatic carbocycles. The van der Waals surface area contributed by atoms with E-state index in [1.54, 1.807) is 18.3 Å². The third kappa shape index (κ3) is 2.30. The molecule has 0 aliphatic carbocycles. The lowest BCUT2D eigenvalue weighted by Crippen LogP contribution is -2.00. The Balaban J connectivity index is 2.52. The van der Waals surface area contributed by atoms with E-state index in [1.165, 1.54) is 6.20 Å². The molecule has 2 rings (SSSR count). The van der Waals surface area contributed by atoms with Gasteiger partial charge in [0, 0.05) is 23.7 Å². The highest BCUT2D eigenvalue weighted by molar-refractivity contribution is 5.87. The van der Waals surface area contributed by atoms with Gasteiger partial charge in [0.25, 0.3) is 0 Å². The van der Waals surface area contributed by atoms with Crippen molar-refractivity contribution >= 4 is 5.97 Å². The van der Waals surface area contributed by atoms with Crippen LogP contribution in [0.4, 0.5) is 0 Å². The van der Waals surface area contributed by atoms with Gasteiger partial charge < -0.3 is 5.11 Å². The highest BCUT2D eigenvalue weighted by Crippen LogP contribution is 2.22. The summed E-state index contributed by atoms with van der Waals surface area (Å²) in [4.78, 5) is 18.9.